The van der Waals surface area contributed by atoms with Gasteiger partial charge in [-0.3, -0.25) is 4.90 Å². The Hall–Kier alpha value is -2.12. The van der Waals surface area contributed by atoms with E-state index in [9.17, 15) is 4.79 Å². The zero-order chi connectivity index (χ0) is 19.8. The monoisotopic (exact) mass is 477 g/mol. The summed E-state index contributed by atoms with van der Waals surface area (Å²) in [5, 5.41) is 6.42. The van der Waals surface area contributed by atoms with Gasteiger partial charge in [0, 0.05) is 30.9 Å². The van der Waals surface area contributed by atoms with E-state index >= 15 is 0 Å². The average Bonchev–Trinajstić information content (AvgIpc) is 3.33. The first kappa shape index (κ1) is 23.5. The predicted octanol–water partition coefficient (Wildman–Crippen LogP) is 5.19. The first-order valence-corrected chi connectivity index (χ1v) is 10.8. The number of benzene rings is 2. The number of carbonyl (C=O) groups is 1. The molecule has 1 N–H and O–H groups in total. The lowest BCUT2D eigenvalue weighted by Gasteiger charge is -2.34. The van der Waals surface area contributed by atoms with Gasteiger partial charge in [-0.25, -0.2) is 9.78 Å². The van der Waals surface area contributed by atoms with Crippen LogP contribution >= 0.6 is 36.2 Å². The Kier molecular flexibility index (Phi) is 7.59. The predicted molar refractivity (Wildman–Crippen MR) is 129 cm³/mol. The fraction of sp³-hybridized carbons (Fsp3) is 0.304. The van der Waals surface area contributed by atoms with E-state index in [1.165, 1.54) is 22.3 Å². The molecule has 0 bridgehead atoms. The highest BCUT2D eigenvalue weighted by Gasteiger charge is 2.33. The van der Waals surface area contributed by atoms with Gasteiger partial charge in [0.15, 0.2) is 0 Å². The number of piperazine rings is 1. The number of thiazole rings is 1. The Balaban J connectivity index is 0.00000136. The summed E-state index contributed by atoms with van der Waals surface area (Å²) < 4.78 is 5.87. The molecule has 2 aliphatic rings. The molecule has 8 heteroatoms. The van der Waals surface area contributed by atoms with Gasteiger partial charge in [-0.2, -0.15) is 0 Å². The highest BCUT2D eigenvalue weighted by Crippen LogP contribution is 2.44. The smallest absolute Gasteiger partial charge is 0.410 e. The molecule has 164 valence electrons. The number of aryl methyl sites for hydroxylation is 1. The minimum Gasteiger partial charge on any atom is -0.448 e. The summed E-state index contributed by atoms with van der Waals surface area (Å²) in [4.78, 5) is 19.4. The van der Waals surface area contributed by atoms with Crippen molar-refractivity contribution in [1.29, 1.82) is 0 Å². The van der Waals surface area contributed by atoms with E-state index in [-0.39, 0.29) is 42.9 Å². The van der Waals surface area contributed by atoms with Crippen molar-refractivity contribution in [3.8, 4) is 11.1 Å². The molecule has 3 aromatic rings. The molecule has 1 unspecified atom stereocenters. The Labute approximate surface area is 198 Å². The number of fused-ring (bicyclic) bond motifs is 3. The molecule has 0 radical (unpaired) electrons. The normalized spacial score (nSPS) is 17.2. The molecule has 2 aromatic carbocycles. The second kappa shape index (κ2) is 10.0. The number of ether oxygens (including phenoxy) is 1. The van der Waals surface area contributed by atoms with E-state index in [1.54, 1.807) is 11.3 Å². The van der Waals surface area contributed by atoms with Gasteiger partial charge in [-0.05, 0) is 29.2 Å². The number of rotatable bonds is 3. The summed E-state index contributed by atoms with van der Waals surface area (Å²) in [6, 6.07) is 16.7. The van der Waals surface area contributed by atoms with Gasteiger partial charge in [-0.15, -0.1) is 36.2 Å². The first-order valence-electron chi connectivity index (χ1n) is 9.97. The highest BCUT2D eigenvalue weighted by atomic mass is 35.5. The van der Waals surface area contributed by atoms with Crippen LogP contribution in [-0.2, 0) is 4.74 Å². The van der Waals surface area contributed by atoms with Crippen molar-refractivity contribution in [3.63, 3.8) is 0 Å². The number of aromatic nitrogens is 1. The molecule has 5 rings (SSSR count). The summed E-state index contributed by atoms with van der Waals surface area (Å²) in [5.41, 5.74) is 5.87. The molecule has 1 atom stereocenters. The molecule has 1 aliphatic carbocycles. The molecule has 1 amide bonds. The topological polar surface area (TPSA) is 54.5 Å². The minimum atomic E-state index is -0.260. The quantitative estimate of drug-likeness (QED) is 0.563. The third kappa shape index (κ3) is 4.44. The minimum absolute atomic E-state index is 0. The van der Waals surface area contributed by atoms with E-state index in [0.29, 0.717) is 19.7 Å². The van der Waals surface area contributed by atoms with Crippen LogP contribution in [0.5, 0.6) is 0 Å². The van der Waals surface area contributed by atoms with Gasteiger partial charge in [0.1, 0.15) is 6.61 Å². The van der Waals surface area contributed by atoms with Gasteiger partial charge in [0.25, 0.3) is 0 Å². The number of amides is 1. The van der Waals surface area contributed by atoms with Crippen LogP contribution in [-0.4, -0.2) is 42.2 Å². The van der Waals surface area contributed by atoms with Crippen LogP contribution < -0.4 is 5.32 Å². The highest BCUT2D eigenvalue weighted by molar-refractivity contribution is 7.09. The van der Waals surface area contributed by atoms with Crippen LogP contribution in [0.2, 0.25) is 0 Å². The van der Waals surface area contributed by atoms with E-state index in [0.717, 1.165) is 17.2 Å². The summed E-state index contributed by atoms with van der Waals surface area (Å²) in [6.45, 7) is 4.43. The third-order valence-electron chi connectivity index (χ3n) is 5.79. The number of nitrogens with zero attached hydrogens (tertiary/aromatic N) is 2. The van der Waals surface area contributed by atoms with Crippen molar-refractivity contribution in [2.45, 2.75) is 18.9 Å². The summed E-state index contributed by atoms with van der Waals surface area (Å²) >= 11 is 1.61. The van der Waals surface area contributed by atoms with Crippen molar-refractivity contribution in [2.24, 2.45) is 0 Å². The molecule has 2 heterocycles. The first-order chi connectivity index (χ1) is 14.2. The molecule has 0 spiro atoms. The van der Waals surface area contributed by atoms with Gasteiger partial charge >= 0.3 is 6.09 Å². The average molecular weight is 478 g/mol. The molecule has 1 fully saturated rings. The van der Waals surface area contributed by atoms with E-state index < -0.39 is 0 Å². The van der Waals surface area contributed by atoms with E-state index in [2.05, 4.69) is 58.8 Å². The standard InChI is InChI=1S/C23H23N3O2S.2ClH/c1-15-25-21(14-29-15)22-12-24-10-11-26(22)23(27)28-13-20-18-8-4-2-6-16(18)17-7-3-5-9-19(17)20;;/h2-9,14,20,22,24H,10-13H2,1H3;2*1H. The number of nitrogens with one attached hydrogen (secondary N) is 1. The molecular formula is C23H25Cl2N3O2S. The Morgan fingerprint density at radius 1 is 1.13 bits per heavy atom. The molecule has 0 saturated carbocycles. The van der Waals surface area contributed by atoms with Crippen molar-refractivity contribution >= 4 is 42.2 Å². The fourth-order valence-electron chi connectivity index (χ4n) is 4.40. The molecule has 1 saturated heterocycles. The van der Waals surface area contributed by atoms with Crippen LogP contribution in [0, 0.1) is 6.92 Å². The van der Waals surface area contributed by atoms with E-state index in [1.807, 2.05) is 17.2 Å². The maximum atomic E-state index is 13.0. The number of carbonyl (C=O) groups excluding carboxylic acids is 1. The third-order valence-corrected chi connectivity index (χ3v) is 6.58. The van der Waals surface area contributed by atoms with Crippen molar-refractivity contribution in [1.82, 2.24) is 15.2 Å². The van der Waals surface area contributed by atoms with Crippen LogP contribution in [0.4, 0.5) is 4.79 Å². The zero-order valence-corrected chi connectivity index (χ0v) is 19.6. The van der Waals surface area contributed by atoms with Crippen LogP contribution in [0.15, 0.2) is 53.9 Å². The maximum Gasteiger partial charge on any atom is 0.410 e. The van der Waals surface area contributed by atoms with Gasteiger partial charge in [-0.1, -0.05) is 48.5 Å². The lowest BCUT2D eigenvalue weighted by atomic mass is 9.98. The van der Waals surface area contributed by atoms with E-state index in [4.69, 9.17) is 4.74 Å². The Bertz CT molecular complexity index is 1010. The zero-order valence-electron chi connectivity index (χ0n) is 17.1. The lowest BCUT2D eigenvalue weighted by molar-refractivity contribution is 0.0744. The Morgan fingerprint density at radius 2 is 1.77 bits per heavy atom. The molecule has 1 aromatic heterocycles. The summed E-state index contributed by atoms with van der Waals surface area (Å²) in [5.74, 6) is 0.0780. The SMILES string of the molecule is Cc1nc(C2CNCCN2C(=O)OCC2c3ccccc3-c3ccccc32)cs1.Cl.Cl. The van der Waals surface area contributed by atoms with Gasteiger partial charge < -0.3 is 10.1 Å². The molecule has 1 aliphatic heterocycles. The second-order valence-electron chi connectivity index (χ2n) is 7.51. The fourth-order valence-corrected chi connectivity index (χ4v) is 5.06. The largest absolute Gasteiger partial charge is 0.448 e. The summed E-state index contributed by atoms with van der Waals surface area (Å²) in [6.07, 6.45) is -0.260. The van der Waals surface area contributed by atoms with Crippen LogP contribution in [0.1, 0.15) is 33.8 Å². The van der Waals surface area contributed by atoms with Crippen LogP contribution in [0.25, 0.3) is 11.1 Å². The van der Waals surface area contributed by atoms with Crippen molar-refractivity contribution in [2.75, 3.05) is 26.2 Å². The number of halogens is 2. The molecule has 31 heavy (non-hydrogen) atoms. The van der Waals surface area contributed by atoms with Crippen LogP contribution in [0.3, 0.4) is 0 Å². The summed E-state index contributed by atoms with van der Waals surface area (Å²) in [7, 11) is 0. The Morgan fingerprint density at radius 3 is 2.39 bits per heavy atom. The van der Waals surface area contributed by atoms with Crippen molar-refractivity contribution < 1.29 is 9.53 Å². The molecular weight excluding hydrogens is 453 g/mol. The second-order valence-corrected chi connectivity index (χ2v) is 8.57. The number of hydrogen-bond donors (Lipinski definition) is 1. The lowest BCUT2D eigenvalue weighted by Crippen LogP contribution is -2.49. The molecule has 5 nitrogen and oxygen atoms in total. The van der Waals surface area contributed by atoms with Gasteiger partial charge in [0.2, 0.25) is 0 Å². The number of hydrogen-bond acceptors (Lipinski definition) is 5. The maximum absolute atomic E-state index is 13.0. The van der Waals surface area contributed by atoms with Crippen molar-refractivity contribution in [3.05, 3.63) is 75.7 Å². The van der Waals surface area contributed by atoms with Gasteiger partial charge in [0.05, 0.1) is 16.7 Å².